The van der Waals surface area contributed by atoms with Gasteiger partial charge < -0.3 is 15.5 Å². The SMILES string of the molecule is CCN(CC)C(=O)C1=C(C)NC(=S)N[C@H]1c1ccsc1. The lowest BCUT2D eigenvalue weighted by molar-refractivity contribution is -0.127. The van der Waals surface area contributed by atoms with Crippen LogP contribution < -0.4 is 10.6 Å². The van der Waals surface area contributed by atoms with Crippen LogP contribution in [0.2, 0.25) is 0 Å². The molecule has 2 rings (SSSR count). The molecule has 0 bridgehead atoms. The van der Waals surface area contributed by atoms with Gasteiger partial charge in [0, 0.05) is 18.8 Å². The number of carbonyl (C=O) groups excluding carboxylic acids is 1. The molecule has 108 valence electrons. The lowest BCUT2D eigenvalue weighted by Gasteiger charge is -2.32. The molecule has 0 radical (unpaired) electrons. The molecule has 1 atom stereocenters. The van der Waals surface area contributed by atoms with Crippen LogP contribution in [-0.4, -0.2) is 29.0 Å². The van der Waals surface area contributed by atoms with Crippen LogP contribution in [0.5, 0.6) is 0 Å². The second-order valence-corrected chi connectivity index (χ2v) is 5.79. The first-order chi connectivity index (χ1) is 9.58. The number of allylic oxidation sites excluding steroid dienone is 1. The number of amides is 1. The number of rotatable bonds is 4. The Morgan fingerprint density at radius 2 is 2.15 bits per heavy atom. The summed E-state index contributed by atoms with van der Waals surface area (Å²) in [4.78, 5) is 14.6. The first-order valence-corrected chi connectivity index (χ1v) is 8.03. The van der Waals surface area contributed by atoms with Crippen molar-refractivity contribution in [1.82, 2.24) is 15.5 Å². The molecule has 0 fully saturated rings. The highest BCUT2D eigenvalue weighted by Gasteiger charge is 2.31. The summed E-state index contributed by atoms with van der Waals surface area (Å²) in [5.41, 5.74) is 2.66. The highest BCUT2D eigenvalue weighted by atomic mass is 32.1. The summed E-state index contributed by atoms with van der Waals surface area (Å²) >= 11 is 6.84. The highest BCUT2D eigenvalue weighted by molar-refractivity contribution is 7.80. The van der Waals surface area contributed by atoms with Crippen molar-refractivity contribution in [2.75, 3.05) is 13.1 Å². The third-order valence-electron chi connectivity index (χ3n) is 3.43. The van der Waals surface area contributed by atoms with E-state index in [1.165, 1.54) is 0 Å². The molecule has 4 nitrogen and oxygen atoms in total. The molecule has 1 aromatic heterocycles. The van der Waals surface area contributed by atoms with E-state index in [9.17, 15) is 4.79 Å². The Kier molecular flexibility index (Phi) is 4.77. The van der Waals surface area contributed by atoms with Crippen molar-refractivity contribution >= 4 is 34.6 Å². The number of nitrogens with zero attached hydrogens (tertiary/aromatic N) is 1. The predicted octanol–water partition coefficient (Wildman–Crippen LogP) is 2.41. The van der Waals surface area contributed by atoms with Crippen LogP contribution in [0.1, 0.15) is 32.4 Å². The van der Waals surface area contributed by atoms with Gasteiger partial charge in [0.15, 0.2) is 5.11 Å². The minimum atomic E-state index is -0.164. The third kappa shape index (κ3) is 2.86. The Hall–Kier alpha value is -1.40. The van der Waals surface area contributed by atoms with Gasteiger partial charge in [-0.25, -0.2) is 0 Å². The number of thiophene rings is 1. The fourth-order valence-electron chi connectivity index (χ4n) is 2.35. The van der Waals surface area contributed by atoms with Gasteiger partial charge in [-0.3, -0.25) is 4.79 Å². The lowest BCUT2D eigenvalue weighted by Crippen LogP contribution is -2.47. The van der Waals surface area contributed by atoms with Crippen molar-refractivity contribution < 1.29 is 4.79 Å². The minimum absolute atomic E-state index is 0.0613. The maximum atomic E-state index is 12.7. The molecule has 1 aromatic rings. The molecule has 0 aromatic carbocycles. The van der Waals surface area contributed by atoms with Crippen molar-refractivity contribution in [3.05, 3.63) is 33.7 Å². The number of likely N-dealkylation sites (N-methyl/N-ethyl adjacent to an activating group) is 1. The first kappa shape index (κ1) is 15.0. The summed E-state index contributed by atoms with van der Waals surface area (Å²) in [5.74, 6) is 0.0613. The van der Waals surface area contributed by atoms with E-state index in [0.29, 0.717) is 18.2 Å². The molecule has 0 spiro atoms. The molecule has 0 saturated heterocycles. The van der Waals surface area contributed by atoms with Crippen molar-refractivity contribution in [3.63, 3.8) is 0 Å². The topological polar surface area (TPSA) is 44.4 Å². The Bertz CT molecular complexity index is 533. The molecule has 0 saturated carbocycles. The van der Waals surface area contributed by atoms with Gasteiger partial charge in [0.05, 0.1) is 11.6 Å². The number of thiocarbonyl (C=S) groups is 1. The van der Waals surface area contributed by atoms with Crippen LogP contribution >= 0.6 is 23.6 Å². The molecule has 2 heterocycles. The highest BCUT2D eigenvalue weighted by Crippen LogP contribution is 2.29. The Morgan fingerprint density at radius 1 is 1.45 bits per heavy atom. The lowest BCUT2D eigenvalue weighted by atomic mass is 9.96. The van der Waals surface area contributed by atoms with Gasteiger partial charge in [0.25, 0.3) is 5.91 Å². The Morgan fingerprint density at radius 3 is 2.70 bits per heavy atom. The second kappa shape index (κ2) is 6.37. The molecule has 6 heteroatoms. The first-order valence-electron chi connectivity index (χ1n) is 6.68. The van der Waals surface area contributed by atoms with E-state index in [2.05, 4.69) is 10.6 Å². The summed E-state index contributed by atoms with van der Waals surface area (Å²) in [6.45, 7) is 7.29. The zero-order valence-corrected chi connectivity index (χ0v) is 13.5. The quantitative estimate of drug-likeness (QED) is 0.839. The summed E-state index contributed by atoms with van der Waals surface area (Å²) in [6.07, 6.45) is 0. The second-order valence-electron chi connectivity index (χ2n) is 4.60. The van der Waals surface area contributed by atoms with Gasteiger partial charge >= 0.3 is 0 Å². The number of nitrogens with one attached hydrogen (secondary N) is 2. The molecule has 0 aliphatic carbocycles. The van der Waals surface area contributed by atoms with E-state index in [1.54, 1.807) is 11.3 Å². The zero-order valence-electron chi connectivity index (χ0n) is 11.9. The van der Waals surface area contributed by atoms with E-state index >= 15 is 0 Å². The van der Waals surface area contributed by atoms with Crippen molar-refractivity contribution in [3.8, 4) is 0 Å². The fourth-order valence-corrected chi connectivity index (χ4v) is 3.30. The largest absolute Gasteiger partial charge is 0.351 e. The molecular formula is C14H19N3OS2. The van der Waals surface area contributed by atoms with E-state index in [1.807, 2.05) is 42.5 Å². The number of carbonyl (C=O) groups is 1. The van der Waals surface area contributed by atoms with Gasteiger partial charge in [-0.2, -0.15) is 11.3 Å². The fraction of sp³-hybridized carbons (Fsp3) is 0.429. The average molecular weight is 309 g/mol. The van der Waals surface area contributed by atoms with Crippen LogP contribution in [0.4, 0.5) is 0 Å². The molecular weight excluding hydrogens is 290 g/mol. The summed E-state index contributed by atoms with van der Waals surface area (Å²) in [5, 5.41) is 10.9. The van der Waals surface area contributed by atoms with Gasteiger partial charge in [-0.05, 0) is 55.4 Å². The maximum absolute atomic E-state index is 12.7. The average Bonchev–Trinajstić information content (AvgIpc) is 2.92. The summed E-state index contributed by atoms with van der Waals surface area (Å²) < 4.78 is 0. The molecule has 1 aliphatic heterocycles. The normalized spacial score (nSPS) is 18.6. The molecule has 2 N–H and O–H groups in total. The molecule has 1 aliphatic rings. The van der Waals surface area contributed by atoms with Gasteiger partial charge in [-0.15, -0.1) is 0 Å². The van der Waals surface area contributed by atoms with Crippen LogP contribution in [0, 0.1) is 0 Å². The van der Waals surface area contributed by atoms with Crippen molar-refractivity contribution in [1.29, 1.82) is 0 Å². The third-order valence-corrected chi connectivity index (χ3v) is 4.35. The summed E-state index contributed by atoms with van der Waals surface area (Å²) in [6, 6.07) is 1.86. The van der Waals surface area contributed by atoms with Gasteiger partial charge in [0.2, 0.25) is 0 Å². The maximum Gasteiger partial charge on any atom is 0.253 e. The van der Waals surface area contributed by atoms with E-state index < -0.39 is 0 Å². The monoisotopic (exact) mass is 309 g/mol. The molecule has 1 amide bonds. The summed E-state index contributed by atoms with van der Waals surface area (Å²) in [7, 11) is 0. The predicted molar refractivity (Wildman–Crippen MR) is 86.6 cm³/mol. The zero-order chi connectivity index (χ0) is 14.7. The number of hydrogen-bond donors (Lipinski definition) is 2. The van der Waals surface area contributed by atoms with Crippen LogP contribution in [0.25, 0.3) is 0 Å². The van der Waals surface area contributed by atoms with E-state index in [0.717, 1.165) is 16.8 Å². The number of hydrogen-bond acceptors (Lipinski definition) is 3. The van der Waals surface area contributed by atoms with E-state index in [4.69, 9.17) is 12.2 Å². The minimum Gasteiger partial charge on any atom is -0.351 e. The van der Waals surface area contributed by atoms with Gasteiger partial charge in [-0.1, -0.05) is 0 Å². The van der Waals surface area contributed by atoms with Crippen molar-refractivity contribution in [2.24, 2.45) is 0 Å². The van der Waals surface area contributed by atoms with Crippen LogP contribution in [-0.2, 0) is 4.79 Å². The standard InChI is InChI=1S/C14H19N3OS2/c1-4-17(5-2)13(18)11-9(3)15-14(19)16-12(11)10-6-7-20-8-10/h6-8,12H,4-5H2,1-3H3,(H2,15,16,19)/t12-/m0/s1. The molecule has 0 unspecified atom stereocenters. The van der Waals surface area contributed by atoms with Crippen molar-refractivity contribution in [2.45, 2.75) is 26.8 Å². The smallest absolute Gasteiger partial charge is 0.253 e. The Labute approximate surface area is 128 Å². The Balaban J connectivity index is 2.41. The van der Waals surface area contributed by atoms with Crippen LogP contribution in [0.15, 0.2) is 28.1 Å². The van der Waals surface area contributed by atoms with Crippen LogP contribution in [0.3, 0.4) is 0 Å². The molecule has 20 heavy (non-hydrogen) atoms. The van der Waals surface area contributed by atoms with Gasteiger partial charge in [0.1, 0.15) is 0 Å². The van der Waals surface area contributed by atoms with E-state index in [-0.39, 0.29) is 11.9 Å².